The fourth-order valence-electron chi connectivity index (χ4n) is 2.96. The van der Waals surface area contributed by atoms with Gasteiger partial charge in [-0.05, 0) is 41.8 Å². The average molecular weight is 460 g/mol. The number of hydrogen-bond donors (Lipinski definition) is 1. The molecule has 1 amide bonds. The molecule has 0 aliphatic carbocycles. The molecule has 2 aromatic carbocycles. The van der Waals surface area contributed by atoms with Crippen molar-refractivity contribution in [1.29, 1.82) is 0 Å². The third-order valence-corrected chi connectivity index (χ3v) is 5.50. The van der Waals surface area contributed by atoms with Gasteiger partial charge in [-0.15, -0.1) is 21.5 Å². The molecule has 0 bridgehead atoms. The second-order valence-electron chi connectivity index (χ2n) is 6.94. The Morgan fingerprint density at radius 2 is 1.61 bits per heavy atom. The van der Waals surface area contributed by atoms with Crippen LogP contribution in [0.25, 0.3) is 10.6 Å². The van der Waals surface area contributed by atoms with E-state index in [1.54, 1.807) is 53.8 Å². The van der Waals surface area contributed by atoms with Gasteiger partial charge in [0.2, 0.25) is 5.88 Å². The summed E-state index contributed by atoms with van der Waals surface area (Å²) in [6, 6.07) is 23.3. The van der Waals surface area contributed by atoms with Crippen LogP contribution in [-0.4, -0.2) is 41.6 Å². The van der Waals surface area contributed by atoms with E-state index in [2.05, 4.69) is 15.5 Å². The first-order valence-electron chi connectivity index (χ1n) is 10.3. The smallest absolute Gasteiger partial charge is 0.258 e. The van der Waals surface area contributed by atoms with Crippen molar-refractivity contribution in [3.63, 3.8) is 0 Å². The molecule has 0 atom stereocenters. The standard InChI is InChI=1S/C25H21N3O4S/c29-23(26-14-15-31-24-13-12-21(27-28-24)22-7-4-16-33-22)17-32-20-10-8-19(9-11-20)25(30)18-5-2-1-3-6-18/h1-13,16H,14-15,17H2,(H,26,29). The number of ether oxygens (including phenoxy) is 2. The van der Waals surface area contributed by atoms with Crippen LogP contribution in [-0.2, 0) is 4.79 Å². The predicted octanol–water partition coefficient (Wildman–Crippen LogP) is 4.01. The van der Waals surface area contributed by atoms with Crippen LogP contribution in [0.1, 0.15) is 15.9 Å². The molecule has 166 valence electrons. The van der Waals surface area contributed by atoms with Crippen molar-refractivity contribution in [3.05, 3.63) is 95.4 Å². The lowest BCUT2D eigenvalue weighted by Crippen LogP contribution is -2.32. The van der Waals surface area contributed by atoms with E-state index >= 15 is 0 Å². The molecule has 0 aliphatic heterocycles. The Hall–Kier alpha value is -4.04. The van der Waals surface area contributed by atoms with Gasteiger partial charge in [-0.3, -0.25) is 9.59 Å². The first-order chi connectivity index (χ1) is 16.2. The lowest BCUT2D eigenvalue weighted by Gasteiger charge is -2.09. The maximum Gasteiger partial charge on any atom is 0.258 e. The van der Waals surface area contributed by atoms with Gasteiger partial charge >= 0.3 is 0 Å². The molecule has 0 spiro atoms. The number of hydrogen-bond acceptors (Lipinski definition) is 7. The lowest BCUT2D eigenvalue weighted by atomic mass is 10.0. The highest BCUT2D eigenvalue weighted by Crippen LogP contribution is 2.22. The Kier molecular flexibility index (Phi) is 7.40. The first-order valence-corrected chi connectivity index (χ1v) is 11.2. The molecule has 1 N–H and O–H groups in total. The molecule has 2 aromatic heterocycles. The van der Waals surface area contributed by atoms with E-state index < -0.39 is 0 Å². The van der Waals surface area contributed by atoms with Crippen LogP contribution in [0.3, 0.4) is 0 Å². The van der Waals surface area contributed by atoms with Crippen molar-refractivity contribution in [2.24, 2.45) is 0 Å². The third-order valence-electron chi connectivity index (χ3n) is 4.61. The summed E-state index contributed by atoms with van der Waals surface area (Å²) >= 11 is 1.59. The Bertz CT molecular complexity index is 1180. The minimum atomic E-state index is -0.276. The maximum atomic E-state index is 12.4. The summed E-state index contributed by atoms with van der Waals surface area (Å²) in [7, 11) is 0. The summed E-state index contributed by atoms with van der Waals surface area (Å²) < 4.78 is 11.0. The number of carbonyl (C=O) groups excluding carboxylic acids is 2. The second kappa shape index (κ2) is 11.0. The van der Waals surface area contributed by atoms with Crippen molar-refractivity contribution in [3.8, 4) is 22.2 Å². The van der Waals surface area contributed by atoms with E-state index in [0.717, 1.165) is 10.6 Å². The fourth-order valence-corrected chi connectivity index (χ4v) is 3.65. The molecule has 0 radical (unpaired) electrons. The first kappa shape index (κ1) is 22.2. The number of benzene rings is 2. The molecular formula is C25H21N3O4S. The highest BCUT2D eigenvalue weighted by molar-refractivity contribution is 7.13. The van der Waals surface area contributed by atoms with Gasteiger partial charge in [0.1, 0.15) is 18.1 Å². The largest absolute Gasteiger partial charge is 0.484 e. The Morgan fingerprint density at radius 3 is 2.30 bits per heavy atom. The van der Waals surface area contributed by atoms with E-state index in [9.17, 15) is 9.59 Å². The minimum absolute atomic E-state index is 0.0641. The fraction of sp³-hybridized carbons (Fsp3) is 0.120. The predicted molar refractivity (Wildman–Crippen MR) is 126 cm³/mol. The molecule has 2 heterocycles. The molecule has 0 saturated carbocycles. The minimum Gasteiger partial charge on any atom is -0.484 e. The Balaban J connectivity index is 1.16. The summed E-state index contributed by atoms with van der Waals surface area (Å²) in [5.41, 5.74) is 1.97. The van der Waals surface area contributed by atoms with Crippen LogP contribution >= 0.6 is 11.3 Å². The van der Waals surface area contributed by atoms with Crippen molar-refractivity contribution in [2.75, 3.05) is 19.8 Å². The van der Waals surface area contributed by atoms with E-state index in [1.165, 1.54) is 0 Å². The van der Waals surface area contributed by atoms with Gasteiger partial charge in [0.05, 0.1) is 11.4 Å². The van der Waals surface area contributed by atoms with Gasteiger partial charge in [-0.2, -0.15) is 0 Å². The van der Waals surface area contributed by atoms with Gasteiger partial charge in [-0.25, -0.2) is 0 Å². The molecule has 7 nitrogen and oxygen atoms in total. The maximum absolute atomic E-state index is 12.4. The number of carbonyl (C=O) groups is 2. The Morgan fingerprint density at radius 1 is 0.818 bits per heavy atom. The molecule has 0 fully saturated rings. The van der Waals surface area contributed by atoms with Gasteiger partial charge in [0.15, 0.2) is 12.4 Å². The zero-order valence-electron chi connectivity index (χ0n) is 17.6. The molecule has 4 rings (SSSR count). The van der Waals surface area contributed by atoms with Crippen LogP contribution in [0.15, 0.2) is 84.2 Å². The topological polar surface area (TPSA) is 90.4 Å². The van der Waals surface area contributed by atoms with Crippen LogP contribution in [0, 0.1) is 0 Å². The molecule has 4 aromatic rings. The molecular weight excluding hydrogens is 438 g/mol. The van der Waals surface area contributed by atoms with Crippen molar-refractivity contribution in [2.45, 2.75) is 0 Å². The van der Waals surface area contributed by atoms with Gasteiger partial charge < -0.3 is 14.8 Å². The van der Waals surface area contributed by atoms with Crippen LogP contribution in [0.4, 0.5) is 0 Å². The van der Waals surface area contributed by atoms with Gasteiger partial charge in [-0.1, -0.05) is 36.4 Å². The van der Waals surface area contributed by atoms with Crippen LogP contribution < -0.4 is 14.8 Å². The van der Waals surface area contributed by atoms with Crippen molar-refractivity contribution < 1.29 is 19.1 Å². The van der Waals surface area contributed by atoms with Crippen molar-refractivity contribution >= 4 is 23.0 Å². The highest BCUT2D eigenvalue weighted by Gasteiger charge is 2.09. The number of aromatic nitrogens is 2. The highest BCUT2D eigenvalue weighted by atomic mass is 32.1. The normalized spacial score (nSPS) is 10.4. The van der Waals surface area contributed by atoms with E-state index in [1.807, 2.05) is 41.8 Å². The van der Waals surface area contributed by atoms with Gasteiger partial charge in [0.25, 0.3) is 5.91 Å². The molecule has 33 heavy (non-hydrogen) atoms. The van der Waals surface area contributed by atoms with E-state index in [0.29, 0.717) is 29.3 Å². The van der Waals surface area contributed by atoms with Crippen LogP contribution in [0.5, 0.6) is 11.6 Å². The summed E-state index contributed by atoms with van der Waals surface area (Å²) in [5, 5.41) is 12.9. The van der Waals surface area contributed by atoms with Crippen LogP contribution in [0.2, 0.25) is 0 Å². The van der Waals surface area contributed by atoms with Crippen molar-refractivity contribution in [1.82, 2.24) is 15.5 Å². The monoisotopic (exact) mass is 459 g/mol. The SMILES string of the molecule is O=C(COc1ccc(C(=O)c2ccccc2)cc1)NCCOc1ccc(-c2cccs2)nn1. The number of rotatable bonds is 10. The molecule has 0 unspecified atom stereocenters. The lowest BCUT2D eigenvalue weighted by molar-refractivity contribution is -0.123. The second-order valence-corrected chi connectivity index (χ2v) is 7.89. The number of thiophene rings is 1. The summed E-state index contributed by atoms with van der Waals surface area (Å²) in [6.07, 6.45) is 0. The number of ketones is 1. The van der Waals surface area contributed by atoms with E-state index in [4.69, 9.17) is 9.47 Å². The third kappa shape index (κ3) is 6.24. The number of amides is 1. The average Bonchev–Trinajstić information content (AvgIpc) is 3.41. The quantitative estimate of drug-likeness (QED) is 0.285. The molecule has 8 heteroatoms. The summed E-state index contributed by atoms with van der Waals surface area (Å²) in [5.74, 6) is 0.561. The zero-order valence-corrected chi connectivity index (χ0v) is 18.5. The van der Waals surface area contributed by atoms with E-state index in [-0.39, 0.29) is 24.9 Å². The number of nitrogens with one attached hydrogen (secondary N) is 1. The van der Waals surface area contributed by atoms with Gasteiger partial charge in [0, 0.05) is 17.2 Å². The number of nitrogens with zero attached hydrogens (tertiary/aromatic N) is 2. The summed E-state index contributed by atoms with van der Waals surface area (Å²) in [4.78, 5) is 25.5. The zero-order chi connectivity index (χ0) is 22.9. The Labute approximate surface area is 195 Å². The molecule has 0 saturated heterocycles. The molecule has 0 aliphatic rings. The summed E-state index contributed by atoms with van der Waals surface area (Å²) in [6.45, 7) is 0.428.